The van der Waals surface area contributed by atoms with Gasteiger partial charge in [-0.05, 0) is 17.7 Å². The number of ether oxygens (including phenoxy) is 1. The number of halogens is 3. The normalized spacial score (nSPS) is 10.3. The minimum absolute atomic E-state index is 0.126. The zero-order chi connectivity index (χ0) is 17.0. The van der Waals surface area contributed by atoms with Crippen molar-refractivity contribution < 1.29 is 27.5 Å². The van der Waals surface area contributed by atoms with Crippen molar-refractivity contribution in [3.8, 4) is 0 Å². The molecule has 7 heteroatoms. The van der Waals surface area contributed by atoms with Crippen LogP contribution in [0, 0.1) is 17.5 Å². The largest absolute Gasteiger partial charge is 0.465 e. The number of methoxy groups -OCH3 is 1. The highest BCUT2D eigenvalue weighted by Gasteiger charge is 2.18. The Morgan fingerprint density at radius 3 is 2.39 bits per heavy atom. The van der Waals surface area contributed by atoms with Crippen LogP contribution in [0.15, 0.2) is 36.4 Å². The van der Waals surface area contributed by atoms with Gasteiger partial charge in [0.1, 0.15) is 17.5 Å². The van der Waals surface area contributed by atoms with Gasteiger partial charge in [-0.2, -0.15) is 0 Å². The van der Waals surface area contributed by atoms with Gasteiger partial charge in [0.2, 0.25) is 5.91 Å². The number of carbonyl (C=O) groups is 2. The minimum atomic E-state index is -1.11. The molecule has 2 aromatic rings. The molecule has 0 radical (unpaired) electrons. The van der Waals surface area contributed by atoms with E-state index in [0.29, 0.717) is 6.07 Å². The monoisotopic (exact) mass is 323 g/mol. The van der Waals surface area contributed by atoms with Crippen LogP contribution in [0.4, 0.5) is 18.9 Å². The molecule has 0 aliphatic heterocycles. The van der Waals surface area contributed by atoms with Gasteiger partial charge in [0, 0.05) is 6.07 Å². The third-order valence-electron chi connectivity index (χ3n) is 3.04. The Labute approximate surface area is 129 Å². The Bertz CT molecular complexity index is 762. The number of hydrogen-bond acceptors (Lipinski definition) is 3. The summed E-state index contributed by atoms with van der Waals surface area (Å²) in [6, 6.07) is 6.92. The smallest absolute Gasteiger partial charge is 0.340 e. The number of esters is 1. The van der Waals surface area contributed by atoms with Gasteiger partial charge in [-0.3, -0.25) is 4.79 Å². The lowest BCUT2D eigenvalue weighted by molar-refractivity contribution is -0.115. The van der Waals surface area contributed by atoms with E-state index in [-0.39, 0.29) is 12.0 Å². The number of nitrogens with one attached hydrogen (secondary N) is 1. The van der Waals surface area contributed by atoms with Gasteiger partial charge >= 0.3 is 5.97 Å². The van der Waals surface area contributed by atoms with Crippen molar-refractivity contribution in [2.75, 3.05) is 12.4 Å². The molecule has 0 bridgehead atoms. The maximum atomic E-state index is 13.7. The molecule has 23 heavy (non-hydrogen) atoms. The highest BCUT2D eigenvalue weighted by Crippen LogP contribution is 2.21. The van der Waals surface area contributed by atoms with E-state index < -0.39 is 40.6 Å². The van der Waals surface area contributed by atoms with E-state index in [2.05, 4.69) is 10.1 Å². The van der Waals surface area contributed by atoms with E-state index in [0.717, 1.165) is 13.2 Å². The summed E-state index contributed by atoms with van der Waals surface area (Å²) < 4.78 is 45.0. The topological polar surface area (TPSA) is 55.4 Å². The fourth-order valence-corrected chi connectivity index (χ4v) is 1.92. The zero-order valence-electron chi connectivity index (χ0n) is 12.0. The molecule has 1 amide bonds. The summed E-state index contributed by atoms with van der Waals surface area (Å²) in [6.45, 7) is 0. The second kappa shape index (κ2) is 6.95. The first-order chi connectivity index (χ1) is 10.9. The second-order valence-corrected chi connectivity index (χ2v) is 4.62. The van der Waals surface area contributed by atoms with Crippen molar-refractivity contribution in [2.24, 2.45) is 0 Å². The predicted octanol–water partition coefficient (Wildman–Crippen LogP) is 3.07. The van der Waals surface area contributed by atoms with Gasteiger partial charge in [0.15, 0.2) is 0 Å². The van der Waals surface area contributed by atoms with Crippen molar-refractivity contribution in [1.29, 1.82) is 0 Å². The first-order valence-corrected chi connectivity index (χ1v) is 6.53. The number of carbonyl (C=O) groups excluding carboxylic acids is 2. The van der Waals surface area contributed by atoms with Crippen molar-refractivity contribution in [3.05, 3.63) is 65.0 Å². The van der Waals surface area contributed by atoms with Crippen LogP contribution in [0.2, 0.25) is 0 Å². The average molecular weight is 323 g/mol. The number of anilines is 1. The van der Waals surface area contributed by atoms with Gasteiger partial charge in [-0.15, -0.1) is 0 Å². The lowest BCUT2D eigenvalue weighted by atomic mass is 10.1. The van der Waals surface area contributed by atoms with Gasteiger partial charge in [0.05, 0.1) is 24.8 Å². The second-order valence-electron chi connectivity index (χ2n) is 4.62. The van der Waals surface area contributed by atoms with Crippen LogP contribution in [0.5, 0.6) is 0 Å². The van der Waals surface area contributed by atoms with Gasteiger partial charge < -0.3 is 10.1 Å². The van der Waals surface area contributed by atoms with Crippen LogP contribution in [0.3, 0.4) is 0 Å². The fourth-order valence-electron chi connectivity index (χ4n) is 1.92. The molecule has 0 saturated carbocycles. The van der Waals surface area contributed by atoms with Crippen LogP contribution in [0.1, 0.15) is 15.9 Å². The lowest BCUT2D eigenvalue weighted by Crippen LogP contribution is -2.17. The summed E-state index contributed by atoms with van der Waals surface area (Å²) in [4.78, 5) is 23.2. The predicted molar refractivity (Wildman–Crippen MR) is 76.4 cm³/mol. The molecule has 1 N–H and O–H groups in total. The fraction of sp³-hybridized carbons (Fsp3) is 0.125. The summed E-state index contributed by atoms with van der Waals surface area (Å²) in [7, 11) is 1.04. The first-order valence-electron chi connectivity index (χ1n) is 6.53. The Hall–Kier alpha value is -2.83. The van der Waals surface area contributed by atoms with Crippen LogP contribution >= 0.6 is 0 Å². The minimum Gasteiger partial charge on any atom is -0.465 e. The molecule has 0 atom stereocenters. The van der Waals surface area contributed by atoms with Crippen molar-refractivity contribution in [1.82, 2.24) is 0 Å². The molecule has 0 spiro atoms. The van der Waals surface area contributed by atoms with Crippen LogP contribution in [-0.2, 0) is 16.0 Å². The molecule has 0 fully saturated rings. The number of hydrogen-bond donors (Lipinski definition) is 1. The van der Waals surface area contributed by atoms with Crippen LogP contribution in [-0.4, -0.2) is 19.0 Å². The summed E-state index contributed by atoms with van der Waals surface area (Å²) in [5, 5.41) is 2.18. The molecule has 120 valence electrons. The third kappa shape index (κ3) is 3.88. The molecule has 0 unspecified atom stereocenters. The van der Waals surface area contributed by atoms with Gasteiger partial charge in [-0.1, -0.05) is 18.2 Å². The summed E-state index contributed by atoms with van der Waals surface area (Å²) in [6.07, 6.45) is -0.336. The van der Waals surface area contributed by atoms with Gasteiger partial charge in [-0.25, -0.2) is 18.0 Å². The molecule has 2 aromatic carbocycles. The lowest BCUT2D eigenvalue weighted by Gasteiger charge is -2.09. The zero-order valence-corrected chi connectivity index (χ0v) is 12.0. The molecular weight excluding hydrogens is 311 g/mol. The van der Waals surface area contributed by atoms with Gasteiger partial charge in [0.25, 0.3) is 0 Å². The summed E-state index contributed by atoms with van der Waals surface area (Å²) >= 11 is 0. The molecule has 4 nitrogen and oxygen atoms in total. The average Bonchev–Trinajstić information content (AvgIpc) is 2.51. The Morgan fingerprint density at radius 2 is 1.74 bits per heavy atom. The molecule has 0 aromatic heterocycles. The number of amides is 1. The van der Waals surface area contributed by atoms with Crippen molar-refractivity contribution in [3.63, 3.8) is 0 Å². The summed E-state index contributed by atoms with van der Waals surface area (Å²) in [5.74, 6) is -4.46. The quantitative estimate of drug-likeness (QED) is 0.880. The van der Waals surface area contributed by atoms with E-state index in [1.54, 1.807) is 6.07 Å². The van der Waals surface area contributed by atoms with Crippen molar-refractivity contribution in [2.45, 2.75) is 6.42 Å². The van der Waals surface area contributed by atoms with Crippen LogP contribution in [0.25, 0.3) is 0 Å². The molecule has 0 heterocycles. The Kier molecular flexibility index (Phi) is 5.00. The molecule has 2 rings (SSSR count). The maximum absolute atomic E-state index is 13.7. The molecule has 0 aliphatic carbocycles. The van der Waals surface area contributed by atoms with E-state index in [1.807, 2.05) is 0 Å². The Balaban J connectivity index is 2.21. The van der Waals surface area contributed by atoms with Crippen molar-refractivity contribution >= 4 is 17.6 Å². The van der Waals surface area contributed by atoms with Crippen LogP contribution < -0.4 is 5.32 Å². The Morgan fingerprint density at radius 1 is 1.04 bits per heavy atom. The SMILES string of the molecule is COC(=O)c1cc(NC(=O)Cc2ccccc2F)c(F)cc1F. The third-order valence-corrected chi connectivity index (χ3v) is 3.04. The number of rotatable bonds is 4. The highest BCUT2D eigenvalue weighted by molar-refractivity contribution is 5.95. The first kappa shape index (κ1) is 16.5. The maximum Gasteiger partial charge on any atom is 0.340 e. The van der Waals surface area contributed by atoms with E-state index >= 15 is 0 Å². The summed E-state index contributed by atoms with van der Waals surface area (Å²) in [5.41, 5.74) is -0.788. The van der Waals surface area contributed by atoms with E-state index in [9.17, 15) is 22.8 Å². The highest BCUT2D eigenvalue weighted by atomic mass is 19.1. The standard InChI is InChI=1S/C16H12F3NO3/c1-23-16(22)10-7-14(13(19)8-12(10)18)20-15(21)6-9-4-2-3-5-11(9)17/h2-5,7-8H,6H2,1H3,(H,20,21). The molecular formula is C16H12F3NO3. The molecule has 0 saturated heterocycles. The number of benzene rings is 2. The van der Waals surface area contributed by atoms with E-state index in [1.165, 1.54) is 18.2 Å². The molecule has 0 aliphatic rings. The van der Waals surface area contributed by atoms with E-state index in [4.69, 9.17) is 0 Å².